The summed E-state index contributed by atoms with van der Waals surface area (Å²) in [4.78, 5) is 0. The fraction of sp³-hybridized carbons (Fsp3) is 1.00. The van der Waals surface area contributed by atoms with E-state index in [4.69, 9.17) is 4.74 Å². The van der Waals surface area contributed by atoms with E-state index in [0.29, 0.717) is 12.1 Å². The molecule has 0 saturated heterocycles. The maximum Gasteiger partial charge on any atom is 0.0758 e. The van der Waals surface area contributed by atoms with Crippen molar-refractivity contribution in [2.45, 2.75) is 51.2 Å². The topological polar surface area (TPSA) is 21.3 Å². The van der Waals surface area contributed by atoms with E-state index in [9.17, 15) is 0 Å². The van der Waals surface area contributed by atoms with Crippen LogP contribution < -0.4 is 5.32 Å². The number of ether oxygens (including phenoxy) is 1. The highest BCUT2D eigenvalue weighted by Crippen LogP contribution is 2.41. The molecule has 2 aliphatic carbocycles. The van der Waals surface area contributed by atoms with Crippen LogP contribution in [-0.2, 0) is 4.74 Å². The predicted octanol–water partition coefficient (Wildman–Crippen LogP) is 2.19. The van der Waals surface area contributed by atoms with Crippen LogP contribution >= 0.6 is 0 Å². The summed E-state index contributed by atoms with van der Waals surface area (Å²) in [6.45, 7) is 2.98. The fourth-order valence-electron chi connectivity index (χ4n) is 2.62. The summed E-state index contributed by atoms with van der Waals surface area (Å²) in [5.41, 5.74) is 0. The average Bonchev–Trinajstić information content (AvgIpc) is 2.90. The summed E-state index contributed by atoms with van der Waals surface area (Å²) in [7, 11) is 2.09. The number of nitrogens with one attached hydrogen (secondary N) is 1. The molecule has 14 heavy (non-hydrogen) atoms. The molecule has 2 saturated carbocycles. The van der Waals surface area contributed by atoms with Gasteiger partial charge in [0.2, 0.25) is 0 Å². The van der Waals surface area contributed by atoms with Gasteiger partial charge in [0.15, 0.2) is 0 Å². The van der Waals surface area contributed by atoms with Crippen molar-refractivity contribution >= 4 is 0 Å². The molecule has 2 unspecified atom stereocenters. The summed E-state index contributed by atoms with van der Waals surface area (Å²) in [5.74, 6) is 1.74. The van der Waals surface area contributed by atoms with Crippen LogP contribution in [0.25, 0.3) is 0 Å². The number of hydrogen-bond donors (Lipinski definition) is 1. The monoisotopic (exact) mass is 197 g/mol. The molecule has 0 spiro atoms. The van der Waals surface area contributed by atoms with Crippen molar-refractivity contribution in [2.75, 3.05) is 13.7 Å². The van der Waals surface area contributed by atoms with Crippen molar-refractivity contribution < 1.29 is 4.74 Å². The predicted molar refractivity (Wildman–Crippen MR) is 58.3 cm³/mol. The third-order valence-electron chi connectivity index (χ3n) is 3.79. The van der Waals surface area contributed by atoms with Gasteiger partial charge in [-0.3, -0.25) is 0 Å². The summed E-state index contributed by atoms with van der Waals surface area (Å²) in [5, 5.41) is 3.49. The molecule has 0 amide bonds. The van der Waals surface area contributed by atoms with Crippen LogP contribution in [0.5, 0.6) is 0 Å². The third-order valence-corrected chi connectivity index (χ3v) is 3.79. The van der Waals surface area contributed by atoms with E-state index < -0.39 is 0 Å². The van der Waals surface area contributed by atoms with Crippen molar-refractivity contribution in [1.82, 2.24) is 5.32 Å². The standard InChI is InChI=1S/C12H23NO/c1-3-14-12(10-7-8-10)11(13-2)9-5-4-6-9/h9-13H,3-8H2,1-2H3. The second-order valence-corrected chi connectivity index (χ2v) is 4.76. The Kier molecular flexibility index (Phi) is 3.45. The van der Waals surface area contributed by atoms with Crippen LogP contribution in [0.15, 0.2) is 0 Å². The Morgan fingerprint density at radius 1 is 1.21 bits per heavy atom. The van der Waals surface area contributed by atoms with Crippen LogP contribution in [0, 0.1) is 11.8 Å². The average molecular weight is 197 g/mol. The molecule has 2 nitrogen and oxygen atoms in total. The molecule has 0 aliphatic heterocycles. The van der Waals surface area contributed by atoms with Crippen molar-refractivity contribution in [3.05, 3.63) is 0 Å². The molecule has 0 aromatic heterocycles. The Morgan fingerprint density at radius 2 is 1.93 bits per heavy atom. The normalized spacial score (nSPS) is 27.0. The maximum atomic E-state index is 5.91. The second-order valence-electron chi connectivity index (χ2n) is 4.76. The number of likely N-dealkylation sites (N-methyl/N-ethyl adjacent to an activating group) is 1. The van der Waals surface area contributed by atoms with E-state index in [2.05, 4.69) is 19.3 Å². The molecule has 2 rings (SSSR count). The van der Waals surface area contributed by atoms with Crippen molar-refractivity contribution in [2.24, 2.45) is 11.8 Å². The SMILES string of the molecule is CCOC(C1CC1)C(NC)C1CCC1. The smallest absolute Gasteiger partial charge is 0.0758 e. The third kappa shape index (κ3) is 2.12. The Hall–Kier alpha value is -0.0800. The van der Waals surface area contributed by atoms with Gasteiger partial charge in [-0.2, -0.15) is 0 Å². The maximum absolute atomic E-state index is 5.91. The van der Waals surface area contributed by atoms with Crippen LogP contribution in [0.4, 0.5) is 0 Å². The van der Waals surface area contributed by atoms with Crippen LogP contribution in [0.1, 0.15) is 39.0 Å². The summed E-state index contributed by atoms with van der Waals surface area (Å²) < 4.78 is 5.91. The molecule has 2 fully saturated rings. The molecule has 0 aromatic carbocycles. The lowest BCUT2D eigenvalue weighted by molar-refractivity contribution is -0.00702. The van der Waals surface area contributed by atoms with Gasteiger partial charge in [-0.15, -0.1) is 0 Å². The van der Waals surface area contributed by atoms with Gasteiger partial charge in [-0.1, -0.05) is 6.42 Å². The zero-order chi connectivity index (χ0) is 9.97. The lowest BCUT2D eigenvalue weighted by Gasteiger charge is -2.38. The Bertz CT molecular complexity index is 175. The van der Waals surface area contributed by atoms with Gasteiger partial charge in [0.1, 0.15) is 0 Å². The van der Waals surface area contributed by atoms with Crippen LogP contribution in [0.3, 0.4) is 0 Å². The first kappa shape index (κ1) is 10.4. The van der Waals surface area contributed by atoms with Gasteiger partial charge in [-0.05, 0) is 51.5 Å². The van der Waals surface area contributed by atoms with E-state index >= 15 is 0 Å². The molecule has 0 heterocycles. The molecular weight excluding hydrogens is 174 g/mol. The molecule has 2 aliphatic rings. The Morgan fingerprint density at radius 3 is 2.29 bits per heavy atom. The first-order chi connectivity index (χ1) is 6.86. The molecule has 82 valence electrons. The van der Waals surface area contributed by atoms with Gasteiger partial charge >= 0.3 is 0 Å². The van der Waals surface area contributed by atoms with Gasteiger partial charge < -0.3 is 10.1 Å². The lowest BCUT2D eigenvalue weighted by Crippen LogP contribution is -2.48. The van der Waals surface area contributed by atoms with Gasteiger partial charge in [0, 0.05) is 12.6 Å². The summed E-state index contributed by atoms with van der Waals surface area (Å²) >= 11 is 0. The van der Waals surface area contributed by atoms with Crippen molar-refractivity contribution in [1.29, 1.82) is 0 Å². The van der Waals surface area contributed by atoms with Gasteiger partial charge in [-0.25, -0.2) is 0 Å². The molecule has 2 atom stereocenters. The summed E-state index contributed by atoms with van der Waals surface area (Å²) in [6, 6.07) is 0.621. The minimum atomic E-state index is 0.496. The van der Waals surface area contributed by atoms with E-state index in [1.807, 2.05) is 0 Å². The molecule has 1 N–H and O–H groups in total. The number of hydrogen-bond acceptors (Lipinski definition) is 2. The fourth-order valence-corrected chi connectivity index (χ4v) is 2.62. The van der Waals surface area contributed by atoms with Crippen molar-refractivity contribution in [3.63, 3.8) is 0 Å². The largest absolute Gasteiger partial charge is 0.377 e. The zero-order valence-corrected chi connectivity index (χ0v) is 9.46. The van der Waals surface area contributed by atoms with Crippen molar-refractivity contribution in [3.8, 4) is 0 Å². The van der Waals surface area contributed by atoms with Crippen LogP contribution in [0.2, 0.25) is 0 Å². The molecule has 0 aromatic rings. The van der Waals surface area contributed by atoms with E-state index in [1.165, 1.54) is 32.1 Å². The lowest BCUT2D eigenvalue weighted by atomic mass is 9.77. The van der Waals surface area contributed by atoms with E-state index in [-0.39, 0.29) is 0 Å². The number of rotatable bonds is 6. The van der Waals surface area contributed by atoms with Crippen LogP contribution in [-0.4, -0.2) is 25.8 Å². The summed E-state index contributed by atoms with van der Waals surface area (Å²) in [6.07, 6.45) is 7.50. The first-order valence-corrected chi connectivity index (χ1v) is 6.15. The van der Waals surface area contributed by atoms with E-state index in [1.54, 1.807) is 0 Å². The molecule has 0 bridgehead atoms. The molecule has 0 radical (unpaired) electrons. The zero-order valence-electron chi connectivity index (χ0n) is 9.46. The Balaban J connectivity index is 1.90. The molecule has 2 heteroatoms. The van der Waals surface area contributed by atoms with E-state index in [0.717, 1.165) is 18.4 Å². The van der Waals surface area contributed by atoms with Gasteiger partial charge in [0.05, 0.1) is 6.10 Å². The highest BCUT2D eigenvalue weighted by Gasteiger charge is 2.41. The van der Waals surface area contributed by atoms with Gasteiger partial charge in [0.25, 0.3) is 0 Å². The second kappa shape index (κ2) is 4.63. The Labute approximate surface area is 87.4 Å². The quantitative estimate of drug-likeness (QED) is 0.705. The minimum Gasteiger partial charge on any atom is -0.377 e. The highest BCUT2D eigenvalue weighted by molar-refractivity contribution is 4.95. The molecular formula is C12H23NO. The minimum absolute atomic E-state index is 0.496. The first-order valence-electron chi connectivity index (χ1n) is 6.15. The highest BCUT2D eigenvalue weighted by atomic mass is 16.5.